The van der Waals surface area contributed by atoms with Crippen molar-refractivity contribution < 1.29 is 22.7 Å². The van der Waals surface area contributed by atoms with Crippen LogP contribution in [-0.4, -0.2) is 27.9 Å². The number of alkyl halides is 3. The van der Waals surface area contributed by atoms with E-state index in [9.17, 15) is 18.0 Å². The molecule has 148 valence electrons. The molecule has 1 aromatic carbocycles. The van der Waals surface area contributed by atoms with Crippen molar-refractivity contribution in [3.05, 3.63) is 65.6 Å². The van der Waals surface area contributed by atoms with Gasteiger partial charge < -0.3 is 14.5 Å². The van der Waals surface area contributed by atoms with Crippen molar-refractivity contribution in [3.63, 3.8) is 0 Å². The number of pyridine rings is 1. The maximum Gasteiger partial charge on any atom is 0.417 e. The Bertz CT molecular complexity index is 963. The van der Waals surface area contributed by atoms with Crippen molar-refractivity contribution >= 4 is 11.6 Å². The van der Waals surface area contributed by atoms with Gasteiger partial charge in [0.1, 0.15) is 11.4 Å². The number of ether oxygens (including phenoxy) is 1. The first-order valence-electron chi connectivity index (χ1n) is 8.82. The predicted molar refractivity (Wildman–Crippen MR) is 98.4 cm³/mol. The summed E-state index contributed by atoms with van der Waals surface area (Å²) >= 11 is 0. The smallest absolute Gasteiger partial charge is 0.417 e. The Labute approximate surface area is 160 Å². The summed E-state index contributed by atoms with van der Waals surface area (Å²) in [5.41, 5.74) is 0.790. The van der Waals surface area contributed by atoms with Crippen LogP contribution in [-0.2, 0) is 12.6 Å². The molecule has 0 saturated heterocycles. The molecule has 0 saturated carbocycles. The summed E-state index contributed by atoms with van der Waals surface area (Å²) in [5.74, 6) is 0.452. The molecule has 0 bridgehead atoms. The van der Waals surface area contributed by atoms with Gasteiger partial charge >= 0.3 is 6.18 Å². The molecule has 2 aromatic heterocycles. The van der Waals surface area contributed by atoms with Gasteiger partial charge in [0.15, 0.2) is 0 Å². The highest BCUT2D eigenvalue weighted by Gasteiger charge is 2.30. The Morgan fingerprint density at radius 2 is 1.86 bits per heavy atom. The molecule has 2 heterocycles. The van der Waals surface area contributed by atoms with Crippen LogP contribution in [0.4, 0.5) is 13.2 Å². The first kappa shape index (κ1) is 19.7. The number of benzene rings is 1. The number of hydrogen-bond donors (Lipinski definition) is 1. The van der Waals surface area contributed by atoms with Crippen LogP contribution in [0.1, 0.15) is 35.5 Å². The molecule has 0 spiro atoms. The zero-order valence-corrected chi connectivity index (χ0v) is 15.5. The number of halogens is 3. The average molecular weight is 391 g/mol. The fourth-order valence-corrected chi connectivity index (χ4v) is 2.70. The van der Waals surface area contributed by atoms with Crippen LogP contribution in [0.15, 0.2) is 48.8 Å². The zero-order valence-electron chi connectivity index (χ0n) is 15.5. The third-order valence-electron chi connectivity index (χ3n) is 3.98. The second-order valence-electron chi connectivity index (χ2n) is 6.61. The molecule has 3 rings (SSSR count). The van der Waals surface area contributed by atoms with Gasteiger partial charge in [-0.15, -0.1) is 0 Å². The van der Waals surface area contributed by atoms with Gasteiger partial charge in [-0.2, -0.15) is 13.2 Å². The average Bonchev–Trinajstić information content (AvgIpc) is 3.03. The molecule has 0 atom stereocenters. The van der Waals surface area contributed by atoms with Gasteiger partial charge in [-0.1, -0.05) is 0 Å². The number of carbonyl (C=O) groups excluding carboxylic acids is 1. The Morgan fingerprint density at radius 1 is 1.14 bits per heavy atom. The number of nitrogens with zero attached hydrogens (tertiary/aromatic N) is 2. The van der Waals surface area contributed by atoms with E-state index in [1.54, 1.807) is 24.3 Å². The summed E-state index contributed by atoms with van der Waals surface area (Å²) in [7, 11) is 0. The van der Waals surface area contributed by atoms with E-state index in [-0.39, 0.29) is 12.0 Å². The Hall–Kier alpha value is -3.03. The van der Waals surface area contributed by atoms with Crippen molar-refractivity contribution in [2.75, 3.05) is 6.54 Å². The summed E-state index contributed by atoms with van der Waals surface area (Å²) in [6.07, 6.45) is -1.40. The number of fused-ring (bicyclic) bond motifs is 1. The number of nitrogens with one attached hydrogen (secondary N) is 1. The number of rotatable bonds is 6. The van der Waals surface area contributed by atoms with Gasteiger partial charge in [-0.05, 0) is 50.2 Å². The summed E-state index contributed by atoms with van der Waals surface area (Å²) in [4.78, 5) is 16.5. The number of amides is 1. The maximum absolute atomic E-state index is 12.8. The Balaban J connectivity index is 1.57. The number of aromatic nitrogens is 2. The quantitative estimate of drug-likeness (QED) is 0.688. The third kappa shape index (κ3) is 4.82. The van der Waals surface area contributed by atoms with E-state index < -0.39 is 11.7 Å². The van der Waals surface area contributed by atoms with Gasteiger partial charge in [-0.25, -0.2) is 4.98 Å². The van der Waals surface area contributed by atoms with Crippen LogP contribution in [0.25, 0.3) is 5.65 Å². The van der Waals surface area contributed by atoms with Crippen LogP contribution in [0.5, 0.6) is 5.75 Å². The minimum absolute atomic E-state index is 0.0531. The molecular weight excluding hydrogens is 371 g/mol. The molecule has 0 aliphatic heterocycles. The van der Waals surface area contributed by atoms with Crippen LogP contribution >= 0.6 is 0 Å². The summed E-state index contributed by atoms with van der Waals surface area (Å²) < 4.78 is 45.2. The molecule has 1 amide bonds. The number of imidazole rings is 1. The standard InChI is InChI=1S/C20H20F3N3O2/c1-13(2)28-17-6-3-14(4-7-17)19(27)24-10-9-16-12-26-11-15(20(21,22)23)5-8-18(26)25-16/h3-8,11-13H,9-10H2,1-2H3,(H,24,27). The summed E-state index contributed by atoms with van der Waals surface area (Å²) in [6.45, 7) is 4.16. The Kier molecular flexibility index (Phi) is 5.58. The van der Waals surface area contributed by atoms with E-state index in [0.717, 1.165) is 12.3 Å². The third-order valence-corrected chi connectivity index (χ3v) is 3.98. The minimum atomic E-state index is -4.40. The van der Waals surface area contributed by atoms with Gasteiger partial charge in [0.2, 0.25) is 0 Å². The van der Waals surface area contributed by atoms with Gasteiger partial charge in [0, 0.05) is 30.9 Å². The molecule has 28 heavy (non-hydrogen) atoms. The Morgan fingerprint density at radius 3 is 2.50 bits per heavy atom. The molecule has 0 radical (unpaired) electrons. The lowest BCUT2D eigenvalue weighted by Gasteiger charge is -2.10. The highest BCUT2D eigenvalue weighted by atomic mass is 19.4. The molecule has 0 aliphatic carbocycles. The first-order chi connectivity index (χ1) is 13.2. The van der Waals surface area contributed by atoms with Gasteiger partial charge in [0.25, 0.3) is 5.91 Å². The van der Waals surface area contributed by atoms with Crippen molar-refractivity contribution in [2.45, 2.75) is 32.5 Å². The van der Waals surface area contributed by atoms with Crippen LogP contribution < -0.4 is 10.1 Å². The van der Waals surface area contributed by atoms with Crippen molar-refractivity contribution in [1.82, 2.24) is 14.7 Å². The minimum Gasteiger partial charge on any atom is -0.491 e. The molecular formula is C20H20F3N3O2. The van der Waals surface area contributed by atoms with E-state index in [4.69, 9.17) is 4.74 Å². The molecule has 0 fully saturated rings. The molecule has 3 aromatic rings. The van der Waals surface area contributed by atoms with Gasteiger partial charge in [-0.3, -0.25) is 4.79 Å². The van der Waals surface area contributed by atoms with E-state index in [0.29, 0.717) is 35.6 Å². The lowest BCUT2D eigenvalue weighted by molar-refractivity contribution is -0.137. The van der Waals surface area contributed by atoms with Crippen molar-refractivity contribution in [3.8, 4) is 5.75 Å². The SMILES string of the molecule is CC(C)Oc1ccc(C(=O)NCCc2cn3cc(C(F)(F)F)ccc3n2)cc1. The summed E-state index contributed by atoms with van der Waals surface area (Å²) in [5, 5.41) is 2.78. The zero-order chi connectivity index (χ0) is 20.3. The fourth-order valence-electron chi connectivity index (χ4n) is 2.70. The highest BCUT2D eigenvalue weighted by Crippen LogP contribution is 2.29. The van der Waals surface area contributed by atoms with Crippen molar-refractivity contribution in [2.24, 2.45) is 0 Å². The number of hydrogen-bond acceptors (Lipinski definition) is 3. The lowest BCUT2D eigenvalue weighted by Crippen LogP contribution is -2.25. The monoisotopic (exact) mass is 391 g/mol. The molecule has 1 N–H and O–H groups in total. The topological polar surface area (TPSA) is 55.6 Å². The van der Waals surface area contributed by atoms with E-state index in [1.807, 2.05) is 13.8 Å². The predicted octanol–water partition coefficient (Wildman–Crippen LogP) is 4.11. The molecule has 0 unspecified atom stereocenters. The normalized spacial score (nSPS) is 11.8. The molecule has 0 aliphatic rings. The number of carbonyl (C=O) groups is 1. The maximum atomic E-state index is 12.8. The lowest BCUT2D eigenvalue weighted by atomic mass is 10.2. The largest absolute Gasteiger partial charge is 0.491 e. The van der Waals surface area contributed by atoms with Crippen LogP contribution in [0.2, 0.25) is 0 Å². The second kappa shape index (κ2) is 7.92. The molecule has 8 heteroatoms. The second-order valence-corrected chi connectivity index (χ2v) is 6.61. The van der Waals surface area contributed by atoms with Crippen LogP contribution in [0, 0.1) is 0 Å². The van der Waals surface area contributed by atoms with E-state index >= 15 is 0 Å². The van der Waals surface area contributed by atoms with Crippen molar-refractivity contribution in [1.29, 1.82) is 0 Å². The fraction of sp³-hybridized carbons (Fsp3) is 0.300. The van der Waals surface area contributed by atoms with Gasteiger partial charge in [0.05, 0.1) is 17.4 Å². The van der Waals surface area contributed by atoms with Crippen LogP contribution in [0.3, 0.4) is 0 Å². The summed E-state index contributed by atoms with van der Waals surface area (Å²) in [6, 6.07) is 9.14. The first-order valence-corrected chi connectivity index (χ1v) is 8.82. The molecule has 5 nitrogen and oxygen atoms in total. The highest BCUT2D eigenvalue weighted by molar-refractivity contribution is 5.94. The van der Waals surface area contributed by atoms with E-state index in [1.165, 1.54) is 16.7 Å². The van der Waals surface area contributed by atoms with E-state index in [2.05, 4.69) is 10.3 Å².